The van der Waals surface area contributed by atoms with Gasteiger partial charge in [-0.15, -0.1) is 0 Å². The molecule has 0 radical (unpaired) electrons. The zero-order valence-corrected chi connectivity index (χ0v) is 13.7. The highest BCUT2D eigenvalue weighted by Gasteiger charge is 2.21. The van der Waals surface area contributed by atoms with Crippen LogP contribution in [0.2, 0.25) is 0 Å². The van der Waals surface area contributed by atoms with Crippen molar-refractivity contribution in [2.24, 2.45) is 0 Å². The lowest BCUT2D eigenvalue weighted by Gasteiger charge is -2.33. The third-order valence-corrected chi connectivity index (χ3v) is 4.10. The van der Waals surface area contributed by atoms with Gasteiger partial charge in [0.1, 0.15) is 5.82 Å². The number of carbonyl (C=O) groups is 1. The van der Waals surface area contributed by atoms with Gasteiger partial charge in [-0.1, -0.05) is 12.1 Å². The van der Waals surface area contributed by atoms with Gasteiger partial charge >= 0.3 is 0 Å². The van der Waals surface area contributed by atoms with Crippen molar-refractivity contribution < 1.29 is 9.18 Å². The lowest BCUT2D eigenvalue weighted by atomic mass is 10.3. The van der Waals surface area contributed by atoms with E-state index in [-0.39, 0.29) is 18.3 Å². The summed E-state index contributed by atoms with van der Waals surface area (Å²) in [5.41, 5.74) is 0.311. The number of nitrogens with zero attached hydrogens (tertiary/aromatic N) is 3. The number of para-hydroxylation sites is 1. The molecule has 0 bridgehead atoms. The maximum atomic E-state index is 13.6. The fraction of sp³-hybridized carbons (Fsp3) is 0.467. The number of hydrogen-bond donors (Lipinski definition) is 1. The van der Waals surface area contributed by atoms with Crippen molar-refractivity contribution in [1.82, 2.24) is 14.7 Å². The Bertz CT molecular complexity index is 546. The molecule has 7 heteroatoms. The predicted octanol–water partition coefficient (Wildman–Crippen LogP) is 1.23. The quantitative estimate of drug-likeness (QED) is 0.847. The highest BCUT2D eigenvalue weighted by Crippen LogP contribution is 2.13. The van der Waals surface area contributed by atoms with Gasteiger partial charge in [-0.3, -0.25) is 4.79 Å². The molecule has 0 unspecified atom stereocenters. The molecule has 1 aromatic carbocycles. The minimum atomic E-state index is -0.372. The molecule has 1 aromatic rings. The molecule has 0 aromatic heterocycles. The minimum absolute atomic E-state index is 0.0354. The topological polar surface area (TPSA) is 38.8 Å². The van der Waals surface area contributed by atoms with Gasteiger partial charge in [-0.25, -0.2) is 4.39 Å². The maximum Gasteiger partial charge on any atom is 0.242 e. The molecule has 1 aliphatic heterocycles. The van der Waals surface area contributed by atoms with Gasteiger partial charge in [0.05, 0.1) is 12.2 Å². The molecule has 1 aliphatic rings. The van der Waals surface area contributed by atoms with E-state index in [2.05, 4.69) is 10.2 Å². The number of hydrogen-bond acceptors (Lipinski definition) is 3. The maximum absolute atomic E-state index is 13.6. The van der Waals surface area contributed by atoms with E-state index in [4.69, 9.17) is 12.2 Å². The number of amides is 1. The van der Waals surface area contributed by atoms with Crippen molar-refractivity contribution in [2.45, 2.75) is 0 Å². The van der Waals surface area contributed by atoms with E-state index in [0.29, 0.717) is 10.8 Å². The average molecular weight is 324 g/mol. The van der Waals surface area contributed by atoms with E-state index in [0.717, 1.165) is 26.2 Å². The molecule has 120 valence electrons. The van der Waals surface area contributed by atoms with E-state index in [1.165, 1.54) is 6.07 Å². The molecule has 2 rings (SSSR count). The van der Waals surface area contributed by atoms with Crippen molar-refractivity contribution in [1.29, 1.82) is 0 Å². The van der Waals surface area contributed by atoms with Crippen LogP contribution in [0.5, 0.6) is 0 Å². The predicted molar refractivity (Wildman–Crippen MR) is 89.3 cm³/mol. The molecule has 0 saturated carbocycles. The second-order valence-corrected chi connectivity index (χ2v) is 5.84. The fourth-order valence-corrected chi connectivity index (χ4v) is 2.38. The largest absolute Gasteiger partial charge is 0.343 e. The summed E-state index contributed by atoms with van der Waals surface area (Å²) in [6.45, 7) is 3.41. The second kappa shape index (κ2) is 7.51. The molecule has 1 heterocycles. The molecule has 1 amide bonds. The van der Waals surface area contributed by atoms with Crippen LogP contribution in [0.1, 0.15) is 0 Å². The van der Waals surface area contributed by atoms with Crippen LogP contribution >= 0.6 is 12.2 Å². The molecular formula is C15H21FN4OS. The number of halogens is 1. The lowest BCUT2D eigenvalue weighted by Crippen LogP contribution is -2.50. The van der Waals surface area contributed by atoms with E-state index >= 15 is 0 Å². The van der Waals surface area contributed by atoms with Crippen molar-refractivity contribution in [3.05, 3.63) is 30.1 Å². The summed E-state index contributed by atoms with van der Waals surface area (Å²) in [6, 6.07) is 6.31. The van der Waals surface area contributed by atoms with Crippen LogP contribution in [-0.4, -0.2) is 72.5 Å². The number of thiocarbonyl (C=S) groups is 1. The number of benzene rings is 1. The lowest BCUT2D eigenvalue weighted by molar-refractivity contribution is -0.132. The summed E-state index contributed by atoms with van der Waals surface area (Å²) < 4.78 is 13.6. The van der Waals surface area contributed by atoms with Gasteiger partial charge < -0.3 is 20.0 Å². The Morgan fingerprint density at radius 1 is 1.32 bits per heavy atom. The third-order valence-electron chi connectivity index (χ3n) is 3.69. The molecule has 1 saturated heterocycles. The van der Waals surface area contributed by atoms with E-state index in [1.54, 1.807) is 30.1 Å². The third kappa shape index (κ3) is 4.38. The molecule has 1 N–H and O–H groups in total. The first-order valence-corrected chi connectivity index (χ1v) is 7.61. The highest BCUT2D eigenvalue weighted by atomic mass is 32.1. The van der Waals surface area contributed by atoms with Gasteiger partial charge in [0.2, 0.25) is 5.91 Å². The highest BCUT2D eigenvalue weighted by molar-refractivity contribution is 7.80. The summed E-state index contributed by atoms with van der Waals surface area (Å²) in [6.07, 6.45) is 0. The van der Waals surface area contributed by atoms with Gasteiger partial charge in [-0.05, 0) is 31.4 Å². The second-order valence-electron chi connectivity index (χ2n) is 5.45. The van der Waals surface area contributed by atoms with Crippen LogP contribution in [0, 0.1) is 5.82 Å². The summed E-state index contributed by atoms with van der Waals surface area (Å²) >= 11 is 5.23. The van der Waals surface area contributed by atoms with Gasteiger partial charge in [0.25, 0.3) is 0 Å². The zero-order valence-electron chi connectivity index (χ0n) is 12.9. The van der Waals surface area contributed by atoms with Crippen molar-refractivity contribution in [2.75, 3.05) is 52.1 Å². The van der Waals surface area contributed by atoms with Crippen molar-refractivity contribution in [3.63, 3.8) is 0 Å². The smallest absolute Gasteiger partial charge is 0.242 e. The first kappa shape index (κ1) is 16.6. The fourth-order valence-electron chi connectivity index (χ4n) is 2.20. The number of likely N-dealkylation sites (N-methyl/N-ethyl adjacent to an activating group) is 2. The number of piperazine rings is 1. The Labute approximate surface area is 135 Å². The van der Waals surface area contributed by atoms with Gasteiger partial charge in [-0.2, -0.15) is 0 Å². The van der Waals surface area contributed by atoms with Crippen molar-refractivity contribution in [3.8, 4) is 0 Å². The minimum Gasteiger partial charge on any atom is -0.343 e. The van der Waals surface area contributed by atoms with Crippen LogP contribution in [-0.2, 0) is 4.79 Å². The van der Waals surface area contributed by atoms with Crippen LogP contribution in [0.15, 0.2) is 24.3 Å². The molecule has 0 spiro atoms. The first-order chi connectivity index (χ1) is 10.5. The van der Waals surface area contributed by atoms with Crippen LogP contribution in [0.4, 0.5) is 10.1 Å². The summed E-state index contributed by atoms with van der Waals surface area (Å²) in [5, 5.41) is 3.16. The van der Waals surface area contributed by atoms with E-state index in [1.807, 2.05) is 11.9 Å². The Balaban J connectivity index is 1.86. The Kier molecular flexibility index (Phi) is 5.68. The SMILES string of the molecule is CN1CCN(C(=O)CN(C)C(=S)Nc2ccccc2F)CC1. The van der Waals surface area contributed by atoms with Gasteiger partial charge in [0.15, 0.2) is 5.11 Å². The Morgan fingerprint density at radius 3 is 2.59 bits per heavy atom. The number of rotatable bonds is 3. The van der Waals surface area contributed by atoms with Crippen molar-refractivity contribution >= 4 is 28.9 Å². The number of carbonyl (C=O) groups excluding carboxylic acids is 1. The molecule has 0 atom stereocenters. The van der Waals surface area contributed by atoms with E-state index in [9.17, 15) is 9.18 Å². The number of anilines is 1. The summed E-state index contributed by atoms with van der Waals surface area (Å²) in [4.78, 5) is 17.9. The molecular weight excluding hydrogens is 303 g/mol. The molecule has 22 heavy (non-hydrogen) atoms. The van der Waals surface area contributed by atoms with Crippen LogP contribution < -0.4 is 5.32 Å². The molecule has 0 aliphatic carbocycles. The molecule has 5 nitrogen and oxygen atoms in total. The Hall–Kier alpha value is -1.73. The standard InChI is InChI=1S/C15H21FN4OS/c1-18-7-9-20(10-8-18)14(21)11-19(2)15(22)17-13-6-4-3-5-12(13)16/h3-6H,7-11H2,1-2H3,(H,17,22). The molecule has 1 fully saturated rings. The zero-order chi connectivity index (χ0) is 16.1. The summed E-state index contributed by atoms with van der Waals surface area (Å²) in [5.74, 6) is -0.336. The van der Waals surface area contributed by atoms with E-state index < -0.39 is 0 Å². The normalized spacial score (nSPS) is 15.5. The van der Waals surface area contributed by atoms with Crippen LogP contribution in [0.25, 0.3) is 0 Å². The number of nitrogens with one attached hydrogen (secondary N) is 1. The van der Waals surface area contributed by atoms with Crippen LogP contribution in [0.3, 0.4) is 0 Å². The van der Waals surface area contributed by atoms with Gasteiger partial charge in [0, 0.05) is 33.2 Å². The monoisotopic (exact) mass is 324 g/mol. The summed E-state index contributed by atoms with van der Waals surface area (Å²) in [7, 11) is 3.77. The Morgan fingerprint density at radius 2 is 1.95 bits per heavy atom. The first-order valence-electron chi connectivity index (χ1n) is 7.20. The average Bonchev–Trinajstić information content (AvgIpc) is 2.50.